The number of β-amino-alcohol motifs (C(OH)–C–C–N with tert-alkyl or cyclic N) is 1. The molecule has 0 spiro atoms. The van der Waals surface area contributed by atoms with Gasteiger partial charge in [-0.05, 0) is 25.5 Å². The maximum atomic E-state index is 13.5. The Labute approximate surface area is 86.9 Å². The Balaban J connectivity index is 2.39. The van der Waals surface area contributed by atoms with Crippen LogP contribution in [0, 0.1) is 11.6 Å². The van der Waals surface area contributed by atoms with Gasteiger partial charge < -0.3 is 10.4 Å². The van der Waals surface area contributed by atoms with Gasteiger partial charge in [-0.3, -0.25) is 0 Å². The van der Waals surface area contributed by atoms with Crippen molar-refractivity contribution >= 4 is 0 Å². The highest BCUT2D eigenvalue weighted by Gasteiger charge is 2.34. The molecule has 0 aliphatic carbocycles. The van der Waals surface area contributed by atoms with Crippen LogP contribution in [0.3, 0.4) is 0 Å². The molecule has 1 aliphatic rings. The molecule has 0 aromatic heterocycles. The molecule has 1 aliphatic heterocycles. The van der Waals surface area contributed by atoms with Gasteiger partial charge in [0.05, 0.1) is 0 Å². The molecule has 1 fully saturated rings. The number of aliphatic hydroxyl groups is 1. The molecule has 1 unspecified atom stereocenters. The normalized spacial score (nSPS) is 26.6. The van der Waals surface area contributed by atoms with Gasteiger partial charge in [0.25, 0.3) is 0 Å². The third kappa shape index (κ3) is 1.87. The van der Waals surface area contributed by atoms with E-state index in [0.29, 0.717) is 6.42 Å². The highest BCUT2D eigenvalue weighted by molar-refractivity contribution is 5.26. The van der Waals surface area contributed by atoms with Gasteiger partial charge in [0.15, 0.2) is 11.6 Å². The molecule has 15 heavy (non-hydrogen) atoms. The molecule has 1 aromatic carbocycles. The molecule has 0 radical (unpaired) electrons. The lowest BCUT2D eigenvalue weighted by atomic mass is 9.86. The molecular formula is C11H13F2NO. The summed E-state index contributed by atoms with van der Waals surface area (Å²) in [5, 5.41) is 13.2. The van der Waals surface area contributed by atoms with E-state index in [9.17, 15) is 13.9 Å². The summed E-state index contributed by atoms with van der Waals surface area (Å²) >= 11 is 0. The van der Waals surface area contributed by atoms with E-state index in [4.69, 9.17) is 0 Å². The predicted octanol–water partition coefficient (Wildman–Crippen LogP) is 1.54. The van der Waals surface area contributed by atoms with Crippen LogP contribution < -0.4 is 5.32 Å². The summed E-state index contributed by atoms with van der Waals surface area (Å²) < 4.78 is 26.5. The van der Waals surface area contributed by atoms with Gasteiger partial charge in [-0.2, -0.15) is 0 Å². The number of hydrogen-bond acceptors (Lipinski definition) is 2. The summed E-state index contributed by atoms with van der Waals surface area (Å²) in [5.41, 5.74) is -1.22. The Bertz CT molecular complexity index is 362. The minimum atomic E-state index is -1.27. The largest absolute Gasteiger partial charge is 0.384 e. The molecule has 1 aromatic rings. The van der Waals surface area contributed by atoms with Crippen molar-refractivity contribution in [3.8, 4) is 0 Å². The SMILES string of the molecule is OC1(c2cccc(F)c2F)CCCNC1. The number of benzene rings is 1. The minimum Gasteiger partial charge on any atom is -0.384 e. The van der Waals surface area contributed by atoms with Gasteiger partial charge in [0.2, 0.25) is 0 Å². The van der Waals surface area contributed by atoms with Crippen LogP contribution in [-0.2, 0) is 5.60 Å². The lowest BCUT2D eigenvalue weighted by Gasteiger charge is -2.33. The first-order valence-corrected chi connectivity index (χ1v) is 5.01. The highest BCUT2D eigenvalue weighted by Crippen LogP contribution is 2.30. The van der Waals surface area contributed by atoms with E-state index in [-0.39, 0.29) is 12.1 Å². The summed E-state index contributed by atoms with van der Waals surface area (Å²) in [5.74, 6) is -1.85. The minimum absolute atomic E-state index is 0.0506. The van der Waals surface area contributed by atoms with Crippen LogP contribution in [0.2, 0.25) is 0 Å². The van der Waals surface area contributed by atoms with Crippen LogP contribution in [0.25, 0.3) is 0 Å². The average molecular weight is 213 g/mol. The van der Waals surface area contributed by atoms with Gasteiger partial charge >= 0.3 is 0 Å². The molecule has 4 heteroatoms. The Hall–Kier alpha value is -1.00. The smallest absolute Gasteiger partial charge is 0.164 e. The van der Waals surface area contributed by atoms with Crippen LogP contribution >= 0.6 is 0 Å². The standard InChI is InChI=1S/C11H13F2NO/c12-9-4-1-3-8(10(9)13)11(15)5-2-6-14-7-11/h1,3-4,14-15H,2,5-7H2. The molecule has 1 saturated heterocycles. The van der Waals surface area contributed by atoms with E-state index in [0.717, 1.165) is 19.0 Å². The first-order valence-electron chi connectivity index (χ1n) is 5.01. The summed E-state index contributed by atoms with van der Waals surface area (Å²) in [6.45, 7) is 1.08. The zero-order chi connectivity index (χ0) is 10.9. The van der Waals surface area contributed by atoms with Crippen molar-refractivity contribution in [2.45, 2.75) is 18.4 Å². The molecule has 0 bridgehead atoms. The topological polar surface area (TPSA) is 32.3 Å². The van der Waals surface area contributed by atoms with Gasteiger partial charge in [0.1, 0.15) is 5.60 Å². The second-order valence-corrected chi connectivity index (χ2v) is 3.91. The quantitative estimate of drug-likeness (QED) is 0.741. The molecule has 0 saturated carbocycles. The maximum absolute atomic E-state index is 13.5. The predicted molar refractivity (Wildman–Crippen MR) is 52.4 cm³/mol. The van der Waals surface area contributed by atoms with E-state index in [2.05, 4.69) is 5.32 Å². The van der Waals surface area contributed by atoms with Crippen molar-refractivity contribution in [1.29, 1.82) is 0 Å². The number of rotatable bonds is 1. The summed E-state index contributed by atoms with van der Waals surface area (Å²) in [4.78, 5) is 0. The highest BCUT2D eigenvalue weighted by atomic mass is 19.2. The van der Waals surface area contributed by atoms with Crippen molar-refractivity contribution in [2.24, 2.45) is 0 Å². The van der Waals surface area contributed by atoms with Gasteiger partial charge in [-0.15, -0.1) is 0 Å². The third-order valence-electron chi connectivity index (χ3n) is 2.81. The molecule has 1 atom stereocenters. The van der Waals surface area contributed by atoms with Crippen molar-refractivity contribution in [3.63, 3.8) is 0 Å². The van der Waals surface area contributed by atoms with Crippen molar-refractivity contribution in [2.75, 3.05) is 13.1 Å². The Morgan fingerprint density at radius 2 is 2.13 bits per heavy atom. The second kappa shape index (κ2) is 3.87. The number of halogens is 2. The molecule has 2 N–H and O–H groups in total. The van der Waals surface area contributed by atoms with Crippen LogP contribution in [0.1, 0.15) is 18.4 Å². The van der Waals surface area contributed by atoms with E-state index in [1.165, 1.54) is 12.1 Å². The molecule has 1 heterocycles. The summed E-state index contributed by atoms with van der Waals surface area (Å²) in [6, 6.07) is 3.91. The van der Waals surface area contributed by atoms with E-state index in [1.54, 1.807) is 0 Å². The molecular weight excluding hydrogens is 200 g/mol. The Morgan fingerprint density at radius 1 is 1.33 bits per heavy atom. The first kappa shape index (κ1) is 10.5. The van der Waals surface area contributed by atoms with Crippen LogP contribution in [0.15, 0.2) is 18.2 Å². The average Bonchev–Trinajstić information content (AvgIpc) is 2.23. The third-order valence-corrected chi connectivity index (χ3v) is 2.81. The van der Waals surface area contributed by atoms with E-state index < -0.39 is 17.2 Å². The zero-order valence-electron chi connectivity index (χ0n) is 8.26. The fourth-order valence-corrected chi connectivity index (χ4v) is 1.98. The van der Waals surface area contributed by atoms with Gasteiger partial charge in [0, 0.05) is 12.1 Å². The van der Waals surface area contributed by atoms with Crippen molar-refractivity contribution in [3.05, 3.63) is 35.4 Å². The van der Waals surface area contributed by atoms with E-state index in [1.807, 2.05) is 0 Å². The fraction of sp³-hybridized carbons (Fsp3) is 0.455. The number of piperidine rings is 1. The maximum Gasteiger partial charge on any atom is 0.164 e. The van der Waals surface area contributed by atoms with Gasteiger partial charge in [-0.25, -0.2) is 8.78 Å². The second-order valence-electron chi connectivity index (χ2n) is 3.91. The molecule has 2 rings (SSSR count). The lowest BCUT2D eigenvalue weighted by molar-refractivity contribution is 0.00851. The fourth-order valence-electron chi connectivity index (χ4n) is 1.98. The summed E-state index contributed by atoms with van der Waals surface area (Å²) in [7, 11) is 0. The Morgan fingerprint density at radius 3 is 2.80 bits per heavy atom. The first-order chi connectivity index (χ1) is 7.13. The van der Waals surface area contributed by atoms with Crippen molar-refractivity contribution in [1.82, 2.24) is 5.32 Å². The monoisotopic (exact) mass is 213 g/mol. The van der Waals surface area contributed by atoms with Crippen LogP contribution in [0.4, 0.5) is 8.78 Å². The molecule has 2 nitrogen and oxygen atoms in total. The van der Waals surface area contributed by atoms with Crippen molar-refractivity contribution < 1.29 is 13.9 Å². The molecule has 0 amide bonds. The van der Waals surface area contributed by atoms with Crippen LogP contribution in [0.5, 0.6) is 0 Å². The number of nitrogens with one attached hydrogen (secondary N) is 1. The molecule has 82 valence electrons. The summed E-state index contributed by atoms with van der Waals surface area (Å²) in [6.07, 6.45) is 1.22. The zero-order valence-corrected chi connectivity index (χ0v) is 8.26. The van der Waals surface area contributed by atoms with Gasteiger partial charge in [-0.1, -0.05) is 12.1 Å². The van der Waals surface area contributed by atoms with E-state index >= 15 is 0 Å². The number of hydrogen-bond donors (Lipinski definition) is 2. The Kier molecular flexibility index (Phi) is 2.71. The van der Waals surface area contributed by atoms with Crippen LogP contribution in [-0.4, -0.2) is 18.2 Å². The lowest BCUT2D eigenvalue weighted by Crippen LogP contribution is -2.43.